The maximum atomic E-state index is 12.3. The summed E-state index contributed by atoms with van der Waals surface area (Å²) in [4.78, 5) is 16.5. The number of rotatable bonds is 5. The van der Waals surface area contributed by atoms with Crippen LogP contribution < -0.4 is 10.1 Å². The second-order valence-electron chi connectivity index (χ2n) is 6.36. The summed E-state index contributed by atoms with van der Waals surface area (Å²) in [6, 6.07) is 5.64. The van der Waals surface area contributed by atoms with Crippen LogP contribution >= 0.6 is 0 Å². The average molecular weight is 337 g/mol. The second-order valence-corrected chi connectivity index (χ2v) is 6.36. The van der Waals surface area contributed by atoms with Gasteiger partial charge in [0, 0.05) is 24.4 Å². The first-order valence-electron chi connectivity index (χ1n) is 8.39. The smallest absolute Gasteiger partial charge is 0.224 e. The first-order valence-corrected chi connectivity index (χ1v) is 8.39. The number of aryl methyl sites for hydroxylation is 1. The third-order valence-corrected chi connectivity index (χ3v) is 4.27. The van der Waals surface area contributed by atoms with Crippen LogP contribution in [0.3, 0.4) is 0 Å². The Bertz CT molecular complexity index is 833. The summed E-state index contributed by atoms with van der Waals surface area (Å²) in [7, 11) is 1.62. The SMILES string of the molecule is COc1cc(NC(=O)CC2C=CC(C)=CC2)ccc1-n1cnc(C)c1. The number of amides is 1. The van der Waals surface area contributed by atoms with Crippen LogP contribution in [0.5, 0.6) is 5.75 Å². The van der Waals surface area contributed by atoms with Gasteiger partial charge >= 0.3 is 0 Å². The van der Waals surface area contributed by atoms with Gasteiger partial charge in [-0.15, -0.1) is 0 Å². The molecule has 0 saturated heterocycles. The van der Waals surface area contributed by atoms with Crippen LogP contribution in [-0.4, -0.2) is 22.6 Å². The van der Waals surface area contributed by atoms with E-state index in [0.29, 0.717) is 12.2 Å². The zero-order chi connectivity index (χ0) is 17.8. The summed E-state index contributed by atoms with van der Waals surface area (Å²) in [5, 5.41) is 2.96. The van der Waals surface area contributed by atoms with E-state index in [1.54, 1.807) is 13.4 Å². The molecular formula is C20H23N3O2. The number of anilines is 1. The number of aromatic nitrogens is 2. The molecule has 1 atom stereocenters. The summed E-state index contributed by atoms with van der Waals surface area (Å²) in [6.45, 7) is 4.01. The van der Waals surface area contributed by atoms with Gasteiger partial charge in [-0.2, -0.15) is 0 Å². The molecule has 2 aromatic rings. The van der Waals surface area contributed by atoms with Crippen molar-refractivity contribution >= 4 is 11.6 Å². The van der Waals surface area contributed by atoms with E-state index in [9.17, 15) is 4.79 Å². The fraction of sp³-hybridized carbons (Fsp3) is 0.300. The van der Waals surface area contributed by atoms with Crippen molar-refractivity contribution in [3.8, 4) is 11.4 Å². The molecule has 1 aromatic carbocycles. The van der Waals surface area contributed by atoms with Gasteiger partial charge < -0.3 is 14.6 Å². The summed E-state index contributed by atoms with van der Waals surface area (Å²) in [6.07, 6.45) is 11.4. The second kappa shape index (κ2) is 7.38. The number of nitrogens with zero attached hydrogens (tertiary/aromatic N) is 2. The number of benzene rings is 1. The zero-order valence-electron chi connectivity index (χ0n) is 14.8. The van der Waals surface area contributed by atoms with E-state index < -0.39 is 0 Å². The molecule has 25 heavy (non-hydrogen) atoms. The van der Waals surface area contributed by atoms with Gasteiger partial charge in [-0.05, 0) is 38.3 Å². The summed E-state index contributed by atoms with van der Waals surface area (Å²) < 4.78 is 7.38. The van der Waals surface area contributed by atoms with Crippen molar-refractivity contribution < 1.29 is 9.53 Å². The number of carbonyl (C=O) groups excluding carboxylic acids is 1. The minimum Gasteiger partial charge on any atom is -0.494 e. The molecule has 1 aliphatic carbocycles. The molecule has 1 N–H and O–H groups in total. The molecule has 0 aliphatic heterocycles. The summed E-state index contributed by atoms with van der Waals surface area (Å²) in [5.74, 6) is 0.959. The van der Waals surface area contributed by atoms with Crippen LogP contribution in [0.15, 0.2) is 54.5 Å². The largest absolute Gasteiger partial charge is 0.494 e. The standard InChI is InChI=1S/C20H23N3O2/c1-14-4-6-16(7-5-14)10-20(24)22-17-8-9-18(19(11-17)25-3)23-12-15(2)21-13-23/h4-6,8-9,11-13,16H,7,10H2,1-3H3,(H,22,24). The molecule has 1 heterocycles. The first-order chi connectivity index (χ1) is 12.0. The fourth-order valence-electron chi connectivity index (χ4n) is 2.89. The molecule has 5 nitrogen and oxygen atoms in total. The Labute approximate surface area is 148 Å². The minimum atomic E-state index is 0.0101. The molecule has 0 spiro atoms. The van der Waals surface area contributed by atoms with Crippen molar-refractivity contribution in [1.29, 1.82) is 0 Å². The number of ether oxygens (including phenoxy) is 1. The Kier molecular flexibility index (Phi) is 5.03. The lowest BCUT2D eigenvalue weighted by Crippen LogP contribution is -2.16. The maximum absolute atomic E-state index is 12.3. The first kappa shape index (κ1) is 17.0. The molecular weight excluding hydrogens is 314 g/mol. The van der Waals surface area contributed by atoms with Gasteiger partial charge in [0.15, 0.2) is 0 Å². The number of methoxy groups -OCH3 is 1. The predicted octanol–water partition coefficient (Wildman–Crippen LogP) is 4.04. The van der Waals surface area contributed by atoms with Crippen molar-refractivity contribution in [2.45, 2.75) is 26.7 Å². The number of carbonyl (C=O) groups is 1. The van der Waals surface area contributed by atoms with Crippen molar-refractivity contribution in [3.05, 3.63) is 60.2 Å². The molecule has 0 bridgehead atoms. The van der Waals surface area contributed by atoms with E-state index in [1.807, 2.05) is 35.9 Å². The van der Waals surface area contributed by atoms with Crippen LogP contribution in [0.4, 0.5) is 5.69 Å². The highest BCUT2D eigenvalue weighted by Crippen LogP contribution is 2.27. The quantitative estimate of drug-likeness (QED) is 0.896. The van der Waals surface area contributed by atoms with Gasteiger partial charge in [0.05, 0.1) is 24.8 Å². The van der Waals surface area contributed by atoms with Crippen LogP contribution in [0.2, 0.25) is 0 Å². The van der Waals surface area contributed by atoms with Crippen LogP contribution in [0.1, 0.15) is 25.5 Å². The predicted molar refractivity (Wildman–Crippen MR) is 99.1 cm³/mol. The van der Waals surface area contributed by atoms with Gasteiger partial charge in [-0.3, -0.25) is 4.79 Å². The van der Waals surface area contributed by atoms with E-state index in [1.165, 1.54) is 5.57 Å². The highest BCUT2D eigenvalue weighted by molar-refractivity contribution is 5.91. The molecule has 1 aromatic heterocycles. The highest BCUT2D eigenvalue weighted by Gasteiger charge is 2.14. The number of hydrogen-bond donors (Lipinski definition) is 1. The Hall–Kier alpha value is -2.82. The molecule has 130 valence electrons. The Morgan fingerprint density at radius 1 is 1.40 bits per heavy atom. The molecule has 0 saturated carbocycles. The molecule has 1 aliphatic rings. The number of nitrogens with one attached hydrogen (secondary N) is 1. The van der Waals surface area contributed by atoms with Crippen molar-refractivity contribution in [1.82, 2.24) is 9.55 Å². The summed E-state index contributed by atoms with van der Waals surface area (Å²) >= 11 is 0. The Morgan fingerprint density at radius 3 is 2.88 bits per heavy atom. The number of allylic oxidation sites excluding steroid dienone is 4. The third kappa shape index (κ3) is 4.18. The van der Waals surface area contributed by atoms with Crippen molar-refractivity contribution in [3.63, 3.8) is 0 Å². The molecule has 0 fully saturated rings. The van der Waals surface area contributed by atoms with E-state index >= 15 is 0 Å². The average Bonchev–Trinajstić information content (AvgIpc) is 3.03. The molecule has 0 radical (unpaired) electrons. The van der Waals surface area contributed by atoms with E-state index in [4.69, 9.17) is 4.74 Å². The summed E-state index contributed by atoms with van der Waals surface area (Å²) in [5.41, 5.74) is 3.81. The van der Waals surface area contributed by atoms with E-state index in [0.717, 1.165) is 23.5 Å². The maximum Gasteiger partial charge on any atom is 0.224 e. The van der Waals surface area contributed by atoms with Gasteiger partial charge in [-0.1, -0.05) is 23.8 Å². The van der Waals surface area contributed by atoms with Crippen molar-refractivity contribution in [2.24, 2.45) is 5.92 Å². The number of hydrogen-bond acceptors (Lipinski definition) is 3. The van der Waals surface area contributed by atoms with E-state index in [2.05, 4.69) is 35.5 Å². The Morgan fingerprint density at radius 2 is 2.24 bits per heavy atom. The van der Waals surface area contributed by atoms with Gasteiger partial charge in [0.2, 0.25) is 5.91 Å². The lowest BCUT2D eigenvalue weighted by atomic mass is 9.94. The van der Waals surface area contributed by atoms with Gasteiger partial charge in [0.25, 0.3) is 0 Å². The molecule has 1 amide bonds. The Balaban J connectivity index is 1.69. The molecule has 5 heteroatoms. The third-order valence-electron chi connectivity index (χ3n) is 4.27. The number of imidazole rings is 1. The topological polar surface area (TPSA) is 56.1 Å². The van der Waals surface area contributed by atoms with E-state index in [-0.39, 0.29) is 11.8 Å². The van der Waals surface area contributed by atoms with Crippen LogP contribution in [0, 0.1) is 12.8 Å². The van der Waals surface area contributed by atoms with Crippen LogP contribution in [0.25, 0.3) is 5.69 Å². The monoisotopic (exact) mass is 337 g/mol. The van der Waals surface area contributed by atoms with Gasteiger partial charge in [0.1, 0.15) is 5.75 Å². The fourth-order valence-corrected chi connectivity index (χ4v) is 2.89. The van der Waals surface area contributed by atoms with Crippen LogP contribution in [-0.2, 0) is 4.79 Å². The molecule has 3 rings (SSSR count). The molecule has 1 unspecified atom stereocenters. The zero-order valence-corrected chi connectivity index (χ0v) is 14.8. The van der Waals surface area contributed by atoms with Gasteiger partial charge in [-0.25, -0.2) is 4.98 Å². The lowest BCUT2D eigenvalue weighted by Gasteiger charge is -2.15. The van der Waals surface area contributed by atoms with Crippen molar-refractivity contribution in [2.75, 3.05) is 12.4 Å². The highest BCUT2D eigenvalue weighted by atomic mass is 16.5. The lowest BCUT2D eigenvalue weighted by molar-refractivity contribution is -0.116. The minimum absolute atomic E-state index is 0.0101. The normalized spacial score (nSPS) is 16.4.